The van der Waals surface area contributed by atoms with Crippen LogP contribution in [0.3, 0.4) is 0 Å². The van der Waals surface area contributed by atoms with Crippen LogP contribution in [-0.4, -0.2) is 58.8 Å². The highest BCUT2D eigenvalue weighted by atomic mass is 19.1. The van der Waals surface area contributed by atoms with Crippen molar-refractivity contribution in [1.82, 2.24) is 9.80 Å². The van der Waals surface area contributed by atoms with E-state index in [9.17, 15) is 18.8 Å². The lowest BCUT2D eigenvalue weighted by Gasteiger charge is -2.42. The van der Waals surface area contributed by atoms with Crippen molar-refractivity contribution in [2.24, 2.45) is 0 Å². The van der Waals surface area contributed by atoms with Gasteiger partial charge in [0.15, 0.2) is 0 Å². The number of hydrogen-bond donors (Lipinski definition) is 1. The molecule has 178 valence electrons. The summed E-state index contributed by atoms with van der Waals surface area (Å²) >= 11 is 0. The number of carbonyl (C=O) groups excluding carboxylic acids is 3. The first kappa shape index (κ1) is 22.4. The van der Waals surface area contributed by atoms with Crippen molar-refractivity contribution in [3.05, 3.63) is 59.9 Å². The maximum Gasteiger partial charge on any atom is 0.245 e. The van der Waals surface area contributed by atoms with E-state index in [0.29, 0.717) is 50.3 Å². The smallest absolute Gasteiger partial charge is 0.245 e. The van der Waals surface area contributed by atoms with E-state index in [-0.39, 0.29) is 36.4 Å². The third-order valence-corrected chi connectivity index (χ3v) is 7.08. The predicted molar refractivity (Wildman–Crippen MR) is 124 cm³/mol. The minimum Gasteiger partial charge on any atom is -0.484 e. The quantitative estimate of drug-likeness (QED) is 0.756. The molecule has 0 saturated carbocycles. The van der Waals surface area contributed by atoms with Gasteiger partial charge in [0.25, 0.3) is 0 Å². The van der Waals surface area contributed by atoms with Crippen molar-refractivity contribution in [3.63, 3.8) is 0 Å². The summed E-state index contributed by atoms with van der Waals surface area (Å²) < 4.78 is 19.5. The Morgan fingerprint density at radius 3 is 2.56 bits per heavy atom. The number of nitrogens with zero attached hydrogens (tertiary/aromatic N) is 2. The number of fused-ring (bicyclic) bond motifs is 1. The number of benzene rings is 2. The largest absolute Gasteiger partial charge is 0.484 e. The van der Waals surface area contributed by atoms with Gasteiger partial charge in [-0.25, -0.2) is 4.39 Å². The van der Waals surface area contributed by atoms with Gasteiger partial charge >= 0.3 is 0 Å². The van der Waals surface area contributed by atoms with E-state index in [0.717, 1.165) is 12.0 Å². The van der Waals surface area contributed by atoms with Crippen molar-refractivity contribution in [1.29, 1.82) is 0 Å². The van der Waals surface area contributed by atoms with Gasteiger partial charge in [0, 0.05) is 32.5 Å². The molecule has 0 bridgehead atoms. The fourth-order valence-electron chi connectivity index (χ4n) is 5.24. The Hall–Kier alpha value is -3.42. The lowest BCUT2D eigenvalue weighted by molar-refractivity contribution is -0.146. The van der Waals surface area contributed by atoms with Crippen LogP contribution in [-0.2, 0) is 20.8 Å². The number of piperidine rings is 1. The molecule has 3 heterocycles. The van der Waals surface area contributed by atoms with Crippen molar-refractivity contribution >= 4 is 23.4 Å². The zero-order chi connectivity index (χ0) is 23.7. The summed E-state index contributed by atoms with van der Waals surface area (Å²) in [6.07, 6.45) is 2.92. The summed E-state index contributed by atoms with van der Waals surface area (Å²) in [5, 5.41) is 2.90. The molecule has 1 unspecified atom stereocenters. The summed E-state index contributed by atoms with van der Waals surface area (Å²) in [4.78, 5) is 42.3. The predicted octanol–water partition coefficient (Wildman–Crippen LogP) is 3.14. The summed E-state index contributed by atoms with van der Waals surface area (Å²) in [7, 11) is 0. The van der Waals surface area contributed by atoms with Crippen LogP contribution in [0.4, 0.5) is 10.1 Å². The monoisotopic (exact) mass is 465 g/mol. The highest BCUT2D eigenvalue weighted by Crippen LogP contribution is 2.38. The van der Waals surface area contributed by atoms with Gasteiger partial charge in [0.2, 0.25) is 17.7 Å². The Morgan fingerprint density at radius 1 is 1.06 bits per heavy atom. The summed E-state index contributed by atoms with van der Waals surface area (Å²) in [5.41, 5.74) is 0.763. The van der Waals surface area contributed by atoms with Crippen LogP contribution in [0.5, 0.6) is 5.75 Å². The number of carbonyl (C=O) groups is 3. The first-order valence-electron chi connectivity index (χ1n) is 11.8. The Balaban J connectivity index is 1.23. The maximum atomic E-state index is 13.4. The minimum absolute atomic E-state index is 0.0433. The number of ether oxygens (including phenoxy) is 1. The van der Waals surface area contributed by atoms with Gasteiger partial charge < -0.3 is 19.9 Å². The van der Waals surface area contributed by atoms with Crippen molar-refractivity contribution < 1.29 is 23.5 Å². The normalized spacial score (nSPS) is 21.4. The minimum atomic E-state index is -0.638. The lowest BCUT2D eigenvalue weighted by atomic mass is 9.87. The van der Waals surface area contributed by atoms with Gasteiger partial charge in [-0.1, -0.05) is 24.3 Å². The second kappa shape index (κ2) is 9.08. The third kappa shape index (κ3) is 4.49. The highest BCUT2D eigenvalue weighted by molar-refractivity contribution is 5.94. The molecule has 1 spiro atoms. The third-order valence-electron chi connectivity index (χ3n) is 7.08. The van der Waals surface area contributed by atoms with E-state index < -0.39 is 11.6 Å². The second-order valence-electron chi connectivity index (χ2n) is 9.38. The van der Waals surface area contributed by atoms with Gasteiger partial charge in [-0.2, -0.15) is 0 Å². The lowest BCUT2D eigenvalue weighted by Crippen LogP contribution is -2.55. The van der Waals surface area contributed by atoms with Crippen LogP contribution in [0.15, 0.2) is 48.5 Å². The van der Waals surface area contributed by atoms with E-state index in [4.69, 9.17) is 4.74 Å². The Labute approximate surface area is 197 Å². The Bertz CT molecular complexity index is 1100. The average Bonchev–Trinajstić information content (AvgIpc) is 3.27. The number of hydrogen-bond acceptors (Lipinski definition) is 4. The van der Waals surface area contributed by atoms with E-state index in [1.54, 1.807) is 21.9 Å². The molecular formula is C26H28FN3O4. The molecule has 0 aliphatic carbocycles. The van der Waals surface area contributed by atoms with Gasteiger partial charge in [0.05, 0.1) is 18.5 Å². The first-order valence-corrected chi connectivity index (χ1v) is 11.8. The van der Waals surface area contributed by atoms with Crippen LogP contribution >= 0.6 is 0 Å². The van der Waals surface area contributed by atoms with E-state index in [2.05, 4.69) is 5.32 Å². The van der Waals surface area contributed by atoms with Crippen LogP contribution in [0.25, 0.3) is 0 Å². The van der Waals surface area contributed by atoms with Crippen molar-refractivity contribution in [2.75, 3.05) is 25.0 Å². The zero-order valence-corrected chi connectivity index (χ0v) is 19.0. The maximum absolute atomic E-state index is 13.4. The molecule has 3 aliphatic rings. The highest BCUT2D eigenvalue weighted by Gasteiger charge is 2.44. The standard InChI is InChI=1S/C26H28FN3O4/c27-19-9-7-18(8-10-19)16-24(32)30-13-3-5-21(30)25(33)29-14-11-26(12-15-29)17-23(31)28-20-4-1-2-6-22(20)34-26/h1-2,4,6-10,21H,3,5,11-17H2,(H,28,31). The van der Waals surface area contributed by atoms with Crippen molar-refractivity contribution in [3.8, 4) is 5.75 Å². The molecule has 1 N–H and O–H groups in total. The van der Waals surface area contributed by atoms with Crippen LogP contribution in [0.1, 0.15) is 37.7 Å². The number of para-hydroxylation sites is 2. The summed E-state index contributed by atoms with van der Waals surface area (Å²) in [6, 6.07) is 12.8. The number of rotatable bonds is 3. The number of amides is 3. The fraction of sp³-hybridized carbons (Fsp3) is 0.423. The van der Waals surface area contributed by atoms with Crippen LogP contribution in [0, 0.1) is 5.82 Å². The molecule has 2 saturated heterocycles. The molecule has 1 atom stereocenters. The SMILES string of the molecule is O=C1CC2(CCN(C(=O)C3CCCN3C(=O)Cc3ccc(F)cc3)CC2)Oc2ccccc2N1. The molecule has 0 aromatic heterocycles. The van der Waals surface area contributed by atoms with Gasteiger partial charge in [-0.05, 0) is 42.7 Å². The summed E-state index contributed by atoms with van der Waals surface area (Å²) in [5.74, 6) is 0.0704. The first-order chi connectivity index (χ1) is 16.4. The number of anilines is 1. The molecular weight excluding hydrogens is 437 g/mol. The number of nitrogens with one attached hydrogen (secondary N) is 1. The molecule has 3 amide bonds. The average molecular weight is 466 g/mol. The fourth-order valence-corrected chi connectivity index (χ4v) is 5.24. The van der Waals surface area contributed by atoms with E-state index >= 15 is 0 Å². The molecule has 2 aromatic rings. The topological polar surface area (TPSA) is 79.0 Å². The molecule has 2 aromatic carbocycles. The Morgan fingerprint density at radius 2 is 1.79 bits per heavy atom. The van der Waals surface area contributed by atoms with E-state index in [1.807, 2.05) is 24.3 Å². The molecule has 5 rings (SSSR count). The summed E-state index contributed by atoms with van der Waals surface area (Å²) in [6.45, 7) is 1.50. The van der Waals surface area contributed by atoms with Crippen LogP contribution < -0.4 is 10.1 Å². The van der Waals surface area contributed by atoms with Gasteiger partial charge in [-0.3, -0.25) is 14.4 Å². The number of likely N-dealkylation sites (tertiary alicyclic amines) is 2. The molecule has 0 radical (unpaired) electrons. The second-order valence-corrected chi connectivity index (χ2v) is 9.38. The number of halogens is 1. The molecule has 8 heteroatoms. The van der Waals surface area contributed by atoms with E-state index in [1.165, 1.54) is 12.1 Å². The zero-order valence-electron chi connectivity index (χ0n) is 19.0. The van der Waals surface area contributed by atoms with Gasteiger partial charge in [0.1, 0.15) is 23.2 Å². The molecule has 2 fully saturated rings. The Kier molecular flexibility index (Phi) is 5.98. The molecule has 3 aliphatic heterocycles. The molecule has 7 nitrogen and oxygen atoms in total. The van der Waals surface area contributed by atoms with Crippen molar-refractivity contribution in [2.45, 2.75) is 50.2 Å². The van der Waals surface area contributed by atoms with Crippen LogP contribution in [0.2, 0.25) is 0 Å². The van der Waals surface area contributed by atoms with Gasteiger partial charge in [-0.15, -0.1) is 0 Å². The molecule has 34 heavy (non-hydrogen) atoms.